The van der Waals surface area contributed by atoms with Gasteiger partial charge < -0.3 is 9.47 Å². The van der Waals surface area contributed by atoms with Gasteiger partial charge in [0.05, 0.1) is 24.3 Å². The number of methoxy groups -OCH3 is 1. The first kappa shape index (κ1) is 14.7. The minimum Gasteiger partial charge on any atom is -0.497 e. The molecule has 3 unspecified atom stereocenters. The number of morpholine rings is 1. The molecule has 5 aliphatic heterocycles. The number of ether oxygens (including phenoxy) is 2. The smallest absolute Gasteiger partial charge is 0.119 e. The summed E-state index contributed by atoms with van der Waals surface area (Å²) in [5.74, 6) is 1.61. The lowest BCUT2D eigenvalue weighted by atomic mass is 9.66. The maximum absolute atomic E-state index is 6.81. The first-order valence-electron chi connectivity index (χ1n) is 9.08. The van der Waals surface area contributed by atoms with Crippen LogP contribution in [0.4, 0.5) is 0 Å². The van der Waals surface area contributed by atoms with Crippen molar-refractivity contribution in [1.29, 1.82) is 0 Å². The average molecular weight is 324 g/mol. The Hall–Kier alpha value is -1.65. The first-order valence-corrected chi connectivity index (χ1v) is 9.08. The third-order valence-corrected chi connectivity index (χ3v) is 6.57. The van der Waals surface area contributed by atoms with Crippen LogP contribution >= 0.6 is 0 Å². The maximum Gasteiger partial charge on any atom is 0.119 e. The second-order valence-corrected chi connectivity index (χ2v) is 7.50. The van der Waals surface area contributed by atoms with Crippen molar-refractivity contribution in [2.24, 2.45) is 5.92 Å². The molecule has 5 aliphatic rings. The lowest BCUT2D eigenvalue weighted by molar-refractivity contribution is -0.274. The molecule has 24 heavy (non-hydrogen) atoms. The van der Waals surface area contributed by atoms with E-state index in [2.05, 4.69) is 28.9 Å². The topological polar surface area (TPSA) is 34.6 Å². The number of piperidine rings is 3. The van der Waals surface area contributed by atoms with E-state index in [-0.39, 0.29) is 11.7 Å². The van der Waals surface area contributed by atoms with E-state index in [1.807, 2.05) is 18.3 Å². The molecule has 0 aliphatic carbocycles. The lowest BCUT2D eigenvalue weighted by Crippen LogP contribution is -2.70. The molecule has 2 aromatic rings. The van der Waals surface area contributed by atoms with Crippen LogP contribution < -0.4 is 4.74 Å². The molecule has 5 saturated heterocycles. The van der Waals surface area contributed by atoms with E-state index in [0.717, 1.165) is 35.5 Å². The zero-order valence-electron chi connectivity index (χ0n) is 14.4. The minimum absolute atomic E-state index is 0.0477. The number of hydrogen-bond acceptors (Lipinski definition) is 4. The van der Waals surface area contributed by atoms with Crippen molar-refractivity contribution in [2.75, 3.05) is 20.2 Å². The Bertz CT molecular complexity index is 792. The second kappa shape index (κ2) is 5.17. The Morgan fingerprint density at radius 1 is 1.38 bits per heavy atom. The molecule has 5 atom stereocenters. The Labute approximate surface area is 142 Å². The van der Waals surface area contributed by atoms with Gasteiger partial charge in [0.25, 0.3) is 0 Å². The molecular formula is C20H24N2O2. The monoisotopic (exact) mass is 324 g/mol. The highest BCUT2D eigenvalue weighted by molar-refractivity contribution is 5.84. The zero-order valence-corrected chi connectivity index (χ0v) is 14.4. The standard InChI is InChI=1S/C20H24N2O2/c1-3-20-12-22-9-7-13(20)10-18(22)19(24-20)15-6-8-21-17-5-4-14(23-2)11-16(15)17/h4-6,8,11,13,18-19H,3,7,9-10,12H2,1-2H3/t13?,18-,19+,20?/m1/s1. The maximum atomic E-state index is 6.81. The van der Waals surface area contributed by atoms with E-state index in [1.165, 1.54) is 24.9 Å². The molecular weight excluding hydrogens is 300 g/mol. The van der Waals surface area contributed by atoms with Gasteiger partial charge in [-0.15, -0.1) is 0 Å². The predicted molar refractivity (Wildman–Crippen MR) is 93.2 cm³/mol. The van der Waals surface area contributed by atoms with Crippen LogP contribution in [0.15, 0.2) is 30.5 Å². The number of hydrogen-bond donors (Lipinski definition) is 0. The van der Waals surface area contributed by atoms with Crippen molar-refractivity contribution in [3.05, 3.63) is 36.0 Å². The molecule has 0 saturated carbocycles. The van der Waals surface area contributed by atoms with Crippen LogP contribution in [0.25, 0.3) is 10.9 Å². The first-order chi connectivity index (χ1) is 11.7. The summed E-state index contributed by atoms with van der Waals surface area (Å²) in [6.07, 6.45) is 5.73. The zero-order chi connectivity index (χ0) is 16.3. The van der Waals surface area contributed by atoms with Crippen molar-refractivity contribution in [1.82, 2.24) is 9.88 Å². The van der Waals surface area contributed by atoms with Crippen LogP contribution in [-0.2, 0) is 4.74 Å². The van der Waals surface area contributed by atoms with Gasteiger partial charge in [0, 0.05) is 24.2 Å². The van der Waals surface area contributed by atoms with Crippen molar-refractivity contribution in [2.45, 2.75) is 43.9 Å². The van der Waals surface area contributed by atoms with E-state index in [9.17, 15) is 0 Å². The molecule has 1 aromatic heterocycles. The fourth-order valence-electron chi connectivity index (χ4n) is 5.25. The summed E-state index contributed by atoms with van der Waals surface area (Å²) in [6, 6.07) is 8.78. The summed E-state index contributed by atoms with van der Waals surface area (Å²) in [5.41, 5.74) is 2.34. The fraction of sp³-hybridized carbons (Fsp3) is 0.550. The van der Waals surface area contributed by atoms with Crippen molar-refractivity contribution < 1.29 is 9.47 Å². The molecule has 5 fully saturated rings. The molecule has 6 heterocycles. The van der Waals surface area contributed by atoms with Crippen LogP contribution in [0.3, 0.4) is 0 Å². The number of rotatable bonds is 3. The van der Waals surface area contributed by atoms with Crippen LogP contribution in [0, 0.1) is 5.92 Å². The van der Waals surface area contributed by atoms with Gasteiger partial charge in [-0.1, -0.05) is 6.92 Å². The summed E-state index contributed by atoms with van der Waals surface area (Å²) in [6.45, 7) is 4.62. The second-order valence-electron chi connectivity index (χ2n) is 7.50. The van der Waals surface area contributed by atoms with E-state index in [0.29, 0.717) is 6.04 Å². The summed E-state index contributed by atoms with van der Waals surface area (Å²) in [5, 5.41) is 1.16. The van der Waals surface area contributed by atoms with Crippen LogP contribution in [0.1, 0.15) is 37.9 Å². The highest BCUT2D eigenvalue weighted by Gasteiger charge is 2.58. The number of nitrogens with zero attached hydrogens (tertiary/aromatic N) is 2. The van der Waals surface area contributed by atoms with Crippen molar-refractivity contribution in [3.63, 3.8) is 0 Å². The van der Waals surface area contributed by atoms with Crippen LogP contribution in [0.2, 0.25) is 0 Å². The Morgan fingerprint density at radius 3 is 3.04 bits per heavy atom. The van der Waals surface area contributed by atoms with Gasteiger partial charge in [0.15, 0.2) is 0 Å². The molecule has 0 spiro atoms. The van der Waals surface area contributed by atoms with Gasteiger partial charge in [-0.05, 0) is 61.6 Å². The highest BCUT2D eigenvalue weighted by atomic mass is 16.5. The molecule has 1 aromatic carbocycles. The highest BCUT2D eigenvalue weighted by Crippen LogP contribution is 2.54. The molecule has 4 bridgehead atoms. The summed E-state index contributed by atoms with van der Waals surface area (Å²) >= 11 is 0. The van der Waals surface area contributed by atoms with E-state index >= 15 is 0 Å². The number of pyridine rings is 1. The van der Waals surface area contributed by atoms with E-state index in [1.54, 1.807) is 7.11 Å². The van der Waals surface area contributed by atoms with Crippen LogP contribution in [-0.4, -0.2) is 41.7 Å². The van der Waals surface area contributed by atoms with Gasteiger partial charge in [0.1, 0.15) is 5.75 Å². The molecule has 4 heteroatoms. The van der Waals surface area contributed by atoms with Gasteiger partial charge >= 0.3 is 0 Å². The quantitative estimate of drug-likeness (QED) is 0.865. The summed E-state index contributed by atoms with van der Waals surface area (Å²) in [7, 11) is 1.72. The molecule has 0 N–H and O–H groups in total. The average Bonchev–Trinajstić information content (AvgIpc) is 2.66. The van der Waals surface area contributed by atoms with Crippen molar-refractivity contribution in [3.8, 4) is 5.75 Å². The van der Waals surface area contributed by atoms with E-state index in [4.69, 9.17) is 9.47 Å². The van der Waals surface area contributed by atoms with E-state index < -0.39 is 0 Å². The Kier molecular flexibility index (Phi) is 3.16. The molecule has 7 rings (SSSR count). The molecule has 0 radical (unpaired) electrons. The SMILES string of the molecule is CCC12CN3CCC1C[C@@H]3[C@H](c1ccnc3ccc(OC)cc13)O2. The fourth-order valence-corrected chi connectivity index (χ4v) is 5.25. The minimum atomic E-state index is 0.0477. The van der Waals surface area contributed by atoms with Gasteiger partial charge in [0.2, 0.25) is 0 Å². The van der Waals surface area contributed by atoms with Crippen LogP contribution in [0.5, 0.6) is 5.75 Å². The number of fused-ring (bicyclic) bond motifs is 3. The predicted octanol–water partition coefficient (Wildman–Crippen LogP) is 3.56. The lowest BCUT2D eigenvalue weighted by Gasteiger charge is -2.64. The normalized spacial score (nSPS) is 37.1. The van der Waals surface area contributed by atoms with Crippen molar-refractivity contribution >= 4 is 10.9 Å². The largest absolute Gasteiger partial charge is 0.497 e. The molecule has 126 valence electrons. The Balaban J connectivity index is 1.63. The summed E-state index contributed by atoms with van der Waals surface area (Å²) < 4.78 is 12.3. The number of aromatic nitrogens is 1. The Morgan fingerprint density at radius 2 is 2.29 bits per heavy atom. The molecule has 4 nitrogen and oxygen atoms in total. The van der Waals surface area contributed by atoms with Gasteiger partial charge in [-0.3, -0.25) is 9.88 Å². The third kappa shape index (κ3) is 1.90. The summed E-state index contributed by atoms with van der Waals surface area (Å²) in [4.78, 5) is 7.21. The van der Waals surface area contributed by atoms with Gasteiger partial charge in [-0.2, -0.15) is 0 Å². The van der Waals surface area contributed by atoms with Gasteiger partial charge in [-0.25, -0.2) is 0 Å². The number of benzene rings is 1. The molecule has 0 amide bonds. The third-order valence-electron chi connectivity index (χ3n) is 6.57.